The fraction of sp³-hybridized carbons (Fsp3) is 0.417. The van der Waals surface area contributed by atoms with Crippen molar-refractivity contribution in [2.24, 2.45) is 0 Å². The molecule has 0 saturated heterocycles. The highest BCUT2D eigenvalue weighted by Gasteiger charge is 2.22. The van der Waals surface area contributed by atoms with Gasteiger partial charge in [0.2, 0.25) is 5.91 Å². The van der Waals surface area contributed by atoms with Gasteiger partial charge >= 0.3 is 0 Å². The van der Waals surface area contributed by atoms with Gasteiger partial charge in [0.25, 0.3) is 0 Å². The minimum absolute atomic E-state index is 0.0255. The summed E-state index contributed by atoms with van der Waals surface area (Å²) in [7, 11) is 1.74. The first-order valence-corrected chi connectivity index (χ1v) is 5.55. The van der Waals surface area contributed by atoms with Gasteiger partial charge in [-0.3, -0.25) is 4.79 Å². The fourth-order valence-corrected chi connectivity index (χ4v) is 1.62. The Labute approximate surface area is 101 Å². The first kappa shape index (κ1) is 13.0. The number of likely N-dealkylation sites (N-methyl/N-ethyl adjacent to an activating group) is 1. The first-order valence-electron chi connectivity index (χ1n) is 5.17. The van der Waals surface area contributed by atoms with Crippen LogP contribution in [0.15, 0.2) is 24.3 Å². The molecule has 3 nitrogen and oxygen atoms in total. The Kier molecular flexibility index (Phi) is 4.33. The molecule has 1 aromatic rings. The highest BCUT2D eigenvalue weighted by Crippen LogP contribution is 2.21. The summed E-state index contributed by atoms with van der Waals surface area (Å²) in [5.41, 5.74) is 0.639. The summed E-state index contributed by atoms with van der Waals surface area (Å²) in [6, 6.07) is 7.48. The molecule has 0 fully saturated rings. The van der Waals surface area contributed by atoms with Crippen LogP contribution in [0.1, 0.15) is 19.4 Å². The van der Waals surface area contributed by atoms with Crippen LogP contribution in [0.25, 0.3) is 0 Å². The van der Waals surface area contributed by atoms with Gasteiger partial charge in [-0.2, -0.15) is 0 Å². The van der Waals surface area contributed by atoms with E-state index in [1.165, 1.54) is 0 Å². The normalized spacial score (nSPS) is 11.2. The largest absolute Gasteiger partial charge is 0.346 e. The van der Waals surface area contributed by atoms with Crippen LogP contribution >= 0.6 is 11.6 Å². The number of amides is 1. The number of rotatable bonds is 4. The second-order valence-electron chi connectivity index (χ2n) is 4.21. The molecule has 1 amide bonds. The highest BCUT2D eigenvalue weighted by molar-refractivity contribution is 6.30. The molecule has 0 saturated carbocycles. The molecule has 0 radical (unpaired) electrons. The third-order valence-electron chi connectivity index (χ3n) is 2.36. The Balaban J connectivity index is 2.76. The van der Waals surface area contributed by atoms with E-state index < -0.39 is 5.54 Å². The molecule has 1 aromatic carbocycles. The molecule has 16 heavy (non-hydrogen) atoms. The van der Waals surface area contributed by atoms with Crippen LogP contribution in [0.3, 0.4) is 0 Å². The summed E-state index contributed by atoms with van der Waals surface area (Å²) < 4.78 is 0. The van der Waals surface area contributed by atoms with Gasteiger partial charge in [0.15, 0.2) is 0 Å². The number of carbonyl (C=O) groups excluding carboxylic acids is 1. The van der Waals surface area contributed by atoms with E-state index in [1.54, 1.807) is 7.05 Å². The topological polar surface area (TPSA) is 41.1 Å². The summed E-state index contributed by atoms with van der Waals surface area (Å²) in [6.07, 6.45) is 0. The monoisotopic (exact) mass is 240 g/mol. The van der Waals surface area contributed by atoms with E-state index in [1.807, 2.05) is 38.1 Å². The van der Waals surface area contributed by atoms with Gasteiger partial charge in [-0.05, 0) is 38.6 Å². The average Bonchev–Trinajstić information content (AvgIpc) is 2.17. The molecule has 0 spiro atoms. The van der Waals surface area contributed by atoms with Gasteiger partial charge in [-0.15, -0.1) is 0 Å². The van der Waals surface area contributed by atoms with Gasteiger partial charge in [0, 0.05) is 5.02 Å². The van der Waals surface area contributed by atoms with Crippen molar-refractivity contribution >= 4 is 17.5 Å². The van der Waals surface area contributed by atoms with Gasteiger partial charge in [-0.1, -0.05) is 23.7 Å². The predicted octanol–water partition coefficient (Wildman–Crippen LogP) is 1.91. The van der Waals surface area contributed by atoms with Crippen molar-refractivity contribution in [1.29, 1.82) is 0 Å². The van der Waals surface area contributed by atoms with E-state index in [4.69, 9.17) is 11.6 Å². The molecule has 0 aromatic heterocycles. The second kappa shape index (κ2) is 5.32. The van der Waals surface area contributed by atoms with Crippen LogP contribution in [0.4, 0.5) is 0 Å². The first-order chi connectivity index (χ1) is 7.45. The van der Waals surface area contributed by atoms with Crippen LogP contribution in [0, 0.1) is 0 Å². The molecule has 0 atom stereocenters. The fourth-order valence-electron chi connectivity index (χ4n) is 1.49. The highest BCUT2D eigenvalue weighted by atomic mass is 35.5. The lowest BCUT2D eigenvalue weighted by Crippen LogP contribution is -2.44. The number of nitrogens with one attached hydrogen (secondary N) is 2. The van der Waals surface area contributed by atoms with Crippen LogP contribution in [-0.2, 0) is 10.3 Å². The Hall–Kier alpha value is -1.06. The Bertz CT molecular complexity index is 360. The van der Waals surface area contributed by atoms with Crippen LogP contribution in [-0.4, -0.2) is 19.5 Å². The molecular weight excluding hydrogens is 224 g/mol. The maximum Gasteiger partial charge on any atom is 0.234 e. The summed E-state index contributed by atoms with van der Waals surface area (Å²) >= 11 is 5.82. The number of hydrogen-bond donors (Lipinski definition) is 2. The molecule has 88 valence electrons. The quantitative estimate of drug-likeness (QED) is 0.844. The Morgan fingerprint density at radius 3 is 2.38 bits per heavy atom. The Morgan fingerprint density at radius 2 is 1.88 bits per heavy atom. The van der Waals surface area contributed by atoms with Crippen LogP contribution in [0.5, 0.6) is 0 Å². The number of benzene rings is 1. The van der Waals surface area contributed by atoms with Crippen LogP contribution in [0.2, 0.25) is 5.02 Å². The molecule has 0 unspecified atom stereocenters. The van der Waals surface area contributed by atoms with E-state index in [2.05, 4.69) is 10.6 Å². The summed E-state index contributed by atoms with van der Waals surface area (Å²) in [5, 5.41) is 6.46. The third-order valence-corrected chi connectivity index (χ3v) is 2.61. The summed E-state index contributed by atoms with van der Waals surface area (Å²) in [6.45, 7) is 4.24. The van der Waals surface area contributed by atoms with E-state index in [9.17, 15) is 4.79 Å². The SMILES string of the molecule is CNCC(=O)NC(C)(C)c1ccc(Cl)cc1. The number of carbonyl (C=O) groups is 1. The van der Waals surface area contributed by atoms with Crippen molar-refractivity contribution in [3.8, 4) is 0 Å². The summed E-state index contributed by atoms with van der Waals surface area (Å²) in [4.78, 5) is 11.5. The van der Waals surface area contributed by atoms with Crippen molar-refractivity contribution in [2.75, 3.05) is 13.6 Å². The number of hydrogen-bond acceptors (Lipinski definition) is 2. The van der Waals surface area contributed by atoms with Gasteiger partial charge < -0.3 is 10.6 Å². The van der Waals surface area contributed by atoms with Crippen LogP contribution < -0.4 is 10.6 Å². The third kappa shape index (κ3) is 3.51. The molecule has 0 aliphatic rings. The smallest absolute Gasteiger partial charge is 0.234 e. The zero-order valence-corrected chi connectivity index (χ0v) is 10.6. The zero-order chi connectivity index (χ0) is 12.2. The second-order valence-corrected chi connectivity index (χ2v) is 4.65. The molecular formula is C12H17ClN2O. The standard InChI is InChI=1S/C12H17ClN2O/c1-12(2,15-11(16)8-14-3)9-4-6-10(13)7-5-9/h4-7,14H,8H2,1-3H3,(H,15,16). The van der Waals surface area contributed by atoms with E-state index >= 15 is 0 Å². The average molecular weight is 241 g/mol. The van der Waals surface area contributed by atoms with E-state index in [-0.39, 0.29) is 5.91 Å². The zero-order valence-electron chi connectivity index (χ0n) is 9.80. The number of halogens is 1. The van der Waals surface area contributed by atoms with Crippen molar-refractivity contribution in [2.45, 2.75) is 19.4 Å². The van der Waals surface area contributed by atoms with Gasteiger partial charge in [0.05, 0.1) is 12.1 Å². The molecule has 1 rings (SSSR count). The molecule has 2 N–H and O–H groups in total. The minimum atomic E-state index is -0.390. The lowest BCUT2D eigenvalue weighted by atomic mass is 9.94. The maximum absolute atomic E-state index is 11.5. The molecule has 0 heterocycles. The lowest BCUT2D eigenvalue weighted by Gasteiger charge is -2.27. The van der Waals surface area contributed by atoms with E-state index in [0.717, 1.165) is 5.56 Å². The molecule has 4 heteroatoms. The molecule has 0 bridgehead atoms. The lowest BCUT2D eigenvalue weighted by molar-refractivity contribution is -0.121. The Morgan fingerprint density at radius 1 is 1.31 bits per heavy atom. The van der Waals surface area contributed by atoms with Crippen molar-refractivity contribution < 1.29 is 4.79 Å². The van der Waals surface area contributed by atoms with Gasteiger partial charge in [0.1, 0.15) is 0 Å². The minimum Gasteiger partial charge on any atom is -0.346 e. The molecule has 0 aliphatic heterocycles. The van der Waals surface area contributed by atoms with Gasteiger partial charge in [-0.25, -0.2) is 0 Å². The predicted molar refractivity (Wildman–Crippen MR) is 66.5 cm³/mol. The van der Waals surface area contributed by atoms with Crippen molar-refractivity contribution in [1.82, 2.24) is 10.6 Å². The maximum atomic E-state index is 11.5. The van der Waals surface area contributed by atoms with E-state index in [0.29, 0.717) is 11.6 Å². The van der Waals surface area contributed by atoms with Crippen molar-refractivity contribution in [3.05, 3.63) is 34.9 Å². The molecule has 0 aliphatic carbocycles. The summed E-state index contributed by atoms with van der Waals surface area (Å²) in [5.74, 6) is -0.0255. The van der Waals surface area contributed by atoms with Crippen molar-refractivity contribution in [3.63, 3.8) is 0 Å².